The lowest BCUT2D eigenvalue weighted by Crippen LogP contribution is -2.44. The highest BCUT2D eigenvalue weighted by Crippen LogP contribution is 2.14. The topological polar surface area (TPSA) is 87.7 Å². The predicted molar refractivity (Wildman–Crippen MR) is 79.3 cm³/mol. The lowest BCUT2D eigenvalue weighted by atomic mass is 10.2. The molecule has 1 atom stereocenters. The largest absolute Gasteiger partial charge is 0.396 e. The van der Waals surface area contributed by atoms with Crippen molar-refractivity contribution in [2.75, 3.05) is 26.9 Å². The Hall–Kier alpha value is -1.63. The number of methoxy groups -OCH3 is 1. The van der Waals surface area contributed by atoms with Gasteiger partial charge in [0.2, 0.25) is 5.91 Å². The van der Waals surface area contributed by atoms with E-state index in [2.05, 4.69) is 10.6 Å². The third kappa shape index (κ3) is 6.12. The molecule has 0 spiro atoms. The first kappa shape index (κ1) is 17.4. The summed E-state index contributed by atoms with van der Waals surface area (Å²) in [4.78, 5) is 23.6. The average Bonchev–Trinajstić information content (AvgIpc) is 2.46. The zero-order valence-corrected chi connectivity index (χ0v) is 12.5. The molecule has 0 heterocycles. The van der Waals surface area contributed by atoms with E-state index in [0.717, 1.165) is 0 Å². The third-order valence-corrected chi connectivity index (χ3v) is 3.07. The lowest BCUT2D eigenvalue weighted by molar-refractivity contribution is -0.121. The highest BCUT2D eigenvalue weighted by molar-refractivity contribution is 6.33. The quantitative estimate of drug-likeness (QED) is 0.655. The standard InChI is InChI=1S/C14H19ClN2O4/c1-21-9-10(6-7-18)17-13(19)8-16-14(20)11-4-2-3-5-12(11)15/h2-5,10,18H,6-9H2,1H3,(H,16,20)(H,17,19). The monoisotopic (exact) mass is 314 g/mol. The Kier molecular flexibility index (Phi) is 7.74. The van der Waals surface area contributed by atoms with Crippen LogP contribution >= 0.6 is 11.6 Å². The van der Waals surface area contributed by atoms with Crippen LogP contribution in [-0.4, -0.2) is 49.8 Å². The lowest BCUT2D eigenvalue weighted by Gasteiger charge is -2.17. The summed E-state index contributed by atoms with van der Waals surface area (Å²) in [6.07, 6.45) is 0.387. The average molecular weight is 315 g/mol. The number of carbonyl (C=O) groups is 2. The maximum absolute atomic E-state index is 11.9. The van der Waals surface area contributed by atoms with Gasteiger partial charge in [-0.1, -0.05) is 23.7 Å². The summed E-state index contributed by atoms with van der Waals surface area (Å²) in [5.74, 6) is -0.771. The van der Waals surface area contributed by atoms with Crippen LogP contribution in [0.1, 0.15) is 16.8 Å². The normalized spacial score (nSPS) is 11.8. The summed E-state index contributed by atoms with van der Waals surface area (Å²) in [6, 6.07) is 6.30. The highest BCUT2D eigenvalue weighted by atomic mass is 35.5. The predicted octanol–water partition coefficient (Wildman–Crippen LogP) is 0.583. The summed E-state index contributed by atoms with van der Waals surface area (Å²) in [5.41, 5.74) is 0.316. The molecule has 6 nitrogen and oxygen atoms in total. The number of hydrogen-bond donors (Lipinski definition) is 3. The van der Waals surface area contributed by atoms with Crippen LogP contribution in [0.5, 0.6) is 0 Å². The minimum Gasteiger partial charge on any atom is -0.396 e. The van der Waals surface area contributed by atoms with Gasteiger partial charge in [0.05, 0.1) is 29.8 Å². The van der Waals surface area contributed by atoms with Gasteiger partial charge in [-0.15, -0.1) is 0 Å². The van der Waals surface area contributed by atoms with E-state index >= 15 is 0 Å². The second kappa shape index (κ2) is 9.33. The number of amides is 2. The maximum Gasteiger partial charge on any atom is 0.253 e. The van der Waals surface area contributed by atoms with E-state index in [0.29, 0.717) is 23.6 Å². The van der Waals surface area contributed by atoms with Crippen molar-refractivity contribution in [3.05, 3.63) is 34.9 Å². The molecule has 0 aliphatic carbocycles. The first-order valence-corrected chi connectivity index (χ1v) is 6.88. The van der Waals surface area contributed by atoms with Gasteiger partial charge < -0.3 is 20.5 Å². The smallest absolute Gasteiger partial charge is 0.253 e. The number of halogens is 1. The van der Waals surface area contributed by atoms with Crippen LogP contribution in [0.2, 0.25) is 5.02 Å². The van der Waals surface area contributed by atoms with Crippen LogP contribution in [0, 0.1) is 0 Å². The van der Waals surface area contributed by atoms with E-state index < -0.39 is 5.91 Å². The van der Waals surface area contributed by atoms with E-state index in [1.165, 1.54) is 7.11 Å². The van der Waals surface area contributed by atoms with E-state index in [1.54, 1.807) is 24.3 Å². The van der Waals surface area contributed by atoms with E-state index in [9.17, 15) is 9.59 Å². The third-order valence-electron chi connectivity index (χ3n) is 2.74. The molecule has 0 saturated carbocycles. The van der Waals surface area contributed by atoms with Crippen molar-refractivity contribution in [3.8, 4) is 0 Å². The molecular formula is C14H19ClN2O4. The Morgan fingerprint density at radius 3 is 2.71 bits per heavy atom. The second-order valence-electron chi connectivity index (χ2n) is 4.39. The summed E-state index contributed by atoms with van der Waals surface area (Å²) < 4.78 is 4.94. The van der Waals surface area contributed by atoms with Gasteiger partial charge in [0.1, 0.15) is 0 Å². The molecule has 2 amide bonds. The summed E-state index contributed by atoms with van der Waals surface area (Å²) >= 11 is 5.90. The molecule has 0 radical (unpaired) electrons. The Morgan fingerprint density at radius 1 is 1.38 bits per heavy atom. The van der Waals surface area contributed by atoms with Crippen molar-refractivity contribution >= 4 is 23.4 Å². The van der Waals surface area contributed by atoms with E-state index in [-0.39, 0.29) is 25.1 Å². The van der Waals surface area contributed by atoms with Crippen molar-refractivity contribution in [3.63, 3.8) is 0 Å². The number of hydrogen-bond acceptors (Lipinski definition) is 4. The van der Waals surface area contributed by atoms with Crippen molar-refractivity contribution in [2.45, 2.75) is 12.5 Å². The van der Waals surface area contributed by atoms with Crippen molar-refractivity contribution in [2.24, 2.45) is 0 Å². The molecule has 0 aliphatic rings. The molecule has 0 saturated heterocycles. The van der Waals surface area contributed by atoms with E-state index in [1.807, 2.05) is 0 Å². The molecule has 0 bridgehead atoms. The summed E-state index contributed by atoms with van der Waals surface area (Å²) in [6.45, 7) is 0.0702. The molecule has 1 aromatic carbocycles. The number of aliphatic hydroxyl groups is 1. The van der Waals surface area contributed by atoms with E-state index in [4.69, 9.17) is 21.4 Å². The first-order valence-electron chi connectivity index (χ1n) is 6.50. The highest BCUT2D eigenvalue weighted by Gasteiger charge is 2.14. The minimum atomic E-state index is -0.416. The molecule has 0 aromatic heterocycles. The maximum atomic E-state index is 11.9. The Balaban J connectivity index is 2.45. The molecule has 1 aromatic rings. The van der Waals surface area contributed by atoms with Crippen LogP contribution in [-0.2, 0) is 9.53 Å². The molecule has 21 heavy (non-hydrogen) atoms. The van der Waals surface area contributed by atoms with Gasteiger partial charge in [-0.25, -0.2) is 0 Å². The zero-order chi connectivity index (χ0) is 15.7. The van der Waals surface area contributed by atoms with Gasteiger partial charge in [0, 0.05) is 13.7 Å². The number of benzene rings is 1. The van der Waals surface area contributed by atoms with Crippen LogP contribution < -0.4 is 10.6 Å². The number of rotatable bonds is 8. The van der Waals surface area contributed by atoms with Gasteiger partial charge in [0.25, 0.3) is 5.91 Å². The fourth-order valence-corrected chi connectivity index (χ4v) is 1.96. The van der Waals surface area contributed by atoms with Gasteiger partial charge in [0.15, 0.2) is 0 Å². The van der Waals surface area contributed by atoms with Crippen molar-refractivity contribution < 1.29 is 19.4 Å². The fourth-order valence-electron chi connectivity index (χ4n) is 1.73. The van der Waals surface area contributed by atoms with Crippen molar-refractivity contribution in [1.82, 2.24) is 10.6 Å². The van der Waals surface area contributed by atoms with Crippen LogP contribution in [0.3, 0.4) is 0 Å². The second-order valence-corrected chi connectivity index (χ2v) is 4.80. The van der Waals surface area contributed by atoms with Gasteiger partial charge in [-0.05, 0) is 18.6 Å². The summed E-state index contributed by atoms with van der Waals surface area (Å²) in [5, 5.41) is 14.4. The van der Waals surface area contributed by atoms with Crippen LogP contribution in [0.15, 0.2) is 24.3 Å². The van der Waals surface area contributed by atoms with Gasteiger partial charge >= 0.3 is 0 Å². The molecule has 0 aliphatic heterocycles. The number of carbonyl (C=O) groups excluding carboxylic acids is 2. The zero-order valence-electron chi connectivity index (χ0n) is 11.8. The Morgan fingerprint density at radius 2 is 2.10 bits per heavy atom. The number of ether oxygens (including phenoxy) is 1. The molecular weight excluding hydrogens is 296 g/mol. The molecule has 7 heteroatoms. The van der Waals surface area contributed by atoms with Gasteiger partial charge in [-0.2, -0.15) is 0 Å². The molecule has 3 N–H and O–H groups in total. The van der Waals surface area contributed by atoms with Gasteiger partial charge in [-0.3, -0.25) is 9.59 Å². The Bertz CT molecular complexity index is 476. The SMILES string of the molecule is COCC(CCO)NC(=O)CNC(=O)c1ccccc1Cl. The summed E-state index contributed by atoms with van der Waals surface area (Å²) in [7, 11) is 1.51. The first-order chi connectivity index (χ1) is 10.1. The van der Waals surface area contributed by atoms with Crippen LogP contribution in [0.25, 0.3) is 0 Å². The fraction of sp³-hybridized carbons (Fsp3) is 0.429. The van der Waals surface area contributed by atoms with Crippen LogP contribution in [0.4, 0.5) is 0 Å². The minimum absolute atomic E-state index is 0.0553. The number of nitrogens with one attached hydrogen (secondary N) is 2. The molecule has 0 fully saturated rings. The molecule has 1 rings (SSSR count). The van der Waals surface area contributed by atoms with Crippen molar-refractivity contribution in [1.29, 1.82) is 0 Å². The molecule has 116 valence electrons. The Labute approximate surface area is 128 Å². The molecule has 1 unspecified atom stereocenters. The number of aliphatic hydroxyl groups excluding tert-OH is 1.